The summed E-state index contributed by atoms with van der Waals surface area (Å²) in [5.41, 5.74) is 1.23. The molecule has 0 N–H and O–H groups in total. The number of sulfonamides is 1. The van der Waals surface area contributed by atoms with Crippen LogP contribution >= 0.6 is 0 Å². The number of nitrogens with zero attached hydrogens (tertiary/aromatic N) is 3. The molecule has 0 aliphatic carbocycles. The van der Waals surface area contributed by atoms with E-state index in [0.29, 0.717) is 25.1 Å². The van der Waals surface area contributed by atoms with Crippen molar-refractivity contribution in [3.8, 4) is 6.07 Å². The highest BCUT2D eigenvalue weighted by molar-refractivity contribution is 7.89. The summed E-state index contributed by atoms with van der Waals surface area (Å²) in [6.45, 7) is 1.11. The molecule has 2 aromatic rings. The van der Waals surface area contributed by atoms with Gasteiger partial charge in [0.1, 0.15) is 17.7 Å². The molecule has 0 atom stereocenters. The van der Waals surface area contributed by atoms with Gasteiger partial charge < -0.3 is 4.90 Å². The lowest BCUT2D eigenvalue weighted by Gasteiger charge is -2.24. The van der Waals surface area contributed by atoms with Gasteiger partial charge in [0, 0.05) is 26.2 Å². The van der Waals surface area contributed by atoms with E-state index in [1.807, 2.05) is 11.0 Å². The maximum Gasteiger partial charge on any atom is 0.248 e. The van der Waals surface area contributed by atoms with Gasteiger partial charge in [-0.15, -0.1) is 0 Å². The Labute approximate surface area is 151 Å². The van der Waals surface area contributed by atoms with E-state index in [4.69, 9.17) is 0 Å². The fourth-order valence-electron chi connectivity index (χ4n) is 3.08. The Balaban J connectivity index is 1.86. The monoisotopic (exact) mass is 377 g/mol. The molecule has 136 valence electrons. The minimum Gasteiger partial charge on any atom is -0.369 e. The molecule has 1 heterocycles. The normalized spacial score (nSPS) is 16.1. The highest BCUT2D eigenvalue weighted by Crippen LogP contribution is 2.26. The van der Waals surface area contributed by atoms with E-state index in [2.05, 4.69) is 6.07 Å². The van der Waals surface area contributed by atoms with E-state index in [9.17, 15) is 22.5 Å². The first kappa shape index (κ1) is 18.3. The predicted octanol–water partition coefficient (Wildman–Crippen LogP) is 2.74. The zero-order chi connectivity index (χ0) is 18.7. The van der Waals surface area contributed by atoms with Gasteiger partial charge in [-0.05, 0) is 30.7 Å². The van der Waals surface area contributed by atoms with Gasteiger partial charge in [-0.2, -0.15) is 9.57 Å². The van der Waals surface area contributed by atoms with E-state index in [0.717, 1.165) is 28.2 Å². The van der Waals surface area contributed by atoms with Crippen molar-refractivity contribution in [2.75, 3.05) is 31.1 Å². The van der Waals surface area contributed by atoms with E-state index >= 15 is 0 Å². The molecule has 0 unspecified atom stereocenters. The molecular weight excluding hydrogens is 360 g/mol. The fourth-order valence-corrected chi connectivity index (χ4v) is 4.66. The maximum atomic E-state index is 14.0. The SMILES string of the molecule is N#Cc1ccccc1N1CCCN(S(=O)(=O)c2c(F)cccc2F)CC1. The fraction of sp³-hybridized carbons (Fsp3) is 0.278. The number of hydrogen-bond donors (Lipinski definition) is 0. The summed E-state index contributed by atoms with van der Waals surface area (Å²) in [7, 11) is -4.28. The largest absolute Gasteiger partial charge is 0.369 e. The van der Waals surface area contributed by atoms with E-state index in [-0.39, 0.29) is 13.1 Å². The summed E-state index contributed by atoms with van der Waals surface area (Å²) >= 11 is 0. The number of benzene rings is 2. The van der Waals surface area contributed by atoms with Gasteiger partial charge in [0.25, 0.3) is 0 Å². The summed E-state index contributed by atoms with van der Waals surface area (Å²) in [5, 5.41) is 9.24. The minimum absolute atomic E-state index is 0.0792. The van der Waals surface area contributed by atoms with Crippen LogP contribution < -0.4 is 4.90 Å². The van der Waals surface area contributed by atoms with Gasteiger partial charge in [-0.25, -0.2) is 17.2 Å². The van der Waals surface area contributed by atoms with Gasteiger partial charge in [-0.1, -0.05) is 18.2 Å². The van der Waals surface area contributed by atoms with Crippen molar-refractivity contribution in [3.05, 3.63) is 59.7 Å². The lowest BCUT2D eigenvalue weighted by atomic mass is 10.1. The number of anilines is 1. The molecule has 8 heteroatoms. The third-order valence-corrected chi connectivity index (χ3v) is 6.29. The topological polar surface area (TPSA) is 64.4 Å². The second-order valence-corrected chi connectivity index (χ2v) is 7.80. The summed E-state index contributed by atoms with van der Waals surface area (Å²) in [5.74, 6) is -2.19. The molecule has 1 aliphatic heterocycles. The maximum absolute atomic E-state index is 14.0. The van der Waals surface area contributed by atoms with Crippen molar-refractivity contribution in [1.29, 1.82) is 5.26 Å². The molecule has 1 saturated heterocycles. The summed E-state index contributed by atoms with van der Waals surface area (Å²) in [6, 6.07) is 12.2. The van der Waals surface area contributed by atoms with Crippen LogP contribution in [-0.4, -0.2) is 38.9 Å². The average molecular weight is 377 g/mol. The minimum atomic E-state index is -4.28. The van der Waals surface area contributed by atoms with Gasteiger partial charge >= 0.3 is 0 Å². The smallest absolute Gasteiger partial charge is 0.248 e. The number of halogens is 2. The van der Waals surface area contributed by atoms with Crippen molar-refractivity contribution < 1.29 is 17.2 Å². The Bertz CT molecular complexity index is 937. The van der Waals surface area contributed by atoms with Crippen LogP contribution in [0.5, 0.6) is 0 Å². The molecule has 0 radical (unpaired) electrons. The van der Waals surface area contributed by atoms with Crippen molar-refractivity contribution in [2.24, 2.45) is 0 Å². The van der Waals surface area contributed by atoms with Crippen LogP contribution in [0, 0.1) is 23.0 Å². The third-order valence-electron chi connectivity index (χ3n) is 4.34. The van der Waals surface area contributed by atoms with Crippen LogP contribution in [0.2, 0.25) is 0 Å². The van der Waals surface area contributed by atoms with Gasteiger partial charge in [0.2, 0.25) is 10.0 Å². The molecule has 0 amide bonds. The summed E-state index contributed by atoms with van der Waals surface area (Å²) < 4.78 is 54.4. The van der Waals surface area contributed by atoms with E-state index < -0.39 is 26.6 Å². The molecule has 1 aliphatic rings. The molecule has 2 aromatic carbocycles. The molecule has 0 aromatic heterocycles. The Morgan fingerprint density at radius 1 is 0.923 bits per heavy atom. The Hall–Kier alpha value is -2.50. The Kier molecular flexibility index (Phi) is 5.20. The molecule has 5 nitrogen and oxygen atoms in total. The van der Waals surface area contributed by atoms with Crippen LogP contribution in [0.3, 0.4) is 0 Å². The third kappa shape index (κ3) is 3.41. The summed E-state index contributed by atoms with van der Waals surface area (Å²) in [6.07, 6.45) is 0.481. The van der Waals surface area contributed by atoms with Crippen LogP contribution in [0.4, 0.5) is 14.5 Å². The quantitative estimate of drug-likeness (QED) is 0.825. The second-order valence-electron chi connectivity index (χ2n) is 5.92. The lowest BCUT2D eigenvalue weighted by molar-refractivity contribution is 0.421. The van der Waals surface area contributed by atoms with Gasteiger partial charge in [-0.3, -0.25) is 0 Å². The number of para-hydroxylation sites is 1. The highest BCUT2D eigenvalue weighted by Gasteiger charge is 2.32. The summed E-state index contributed by atoms with van der Waals surface area (Å²) in [4.78, 5) is 1.01. The van der Waals surface area contributed by atoms with Crippen LogP contribution in [0.15, 0.2) is 47.4 Å². The zero-order valence-electron chi connectivity index (χ0n) is 13.9. The number of nitriles is 1. The van der Waals surface area contributed by atoms with Crippen LogP contribution in [-0.2, 0) is 10.0 Å². The van der Waals surface area contributed by atoms with Crippen molar-refractivity contribution in [1.82, 2.24) is 4.31 Å². The molecule has 26 heavy (non-hydrogen) atoms. The average Bonchev–Trinajstić information content (AvgIpc) is 2.88. The first-order chi connectivity index (χ1) is 12.4. The molecule has 1 fully saturated rings. The molecule has 3 rings (SSSR count). The first-order valence-corrected chi connectivity index (χ1v) is 9.57. The zero-order valence-corrected chi connectivity index (χ0v) is 14.7. The number of hydrogen-bond acceptors (Lipinski definition) is 4. The molecule has 0 bridgehead atoms. The van der Waals surface area contributed by atoms with Crippen molar-refractivity contribution in [2.45, 2.75) is 11.3 Å². The number of rotatable bonds is 3. The lowest BCUT2D eigenvalue weighted by Crippen LogP contribution is -2.36. The first-order valence-electron chi connectivity index (χ1n) is 8.13. The van der Waals surface area contributed by atoms with Crippen LogP contribution in [0.1, 0.15) is 12.0 Å². The van der Waals surface area contributed by atoms with Crippen molar-refractivity contribution in [3.63, 3.8) is 0 Å². The van der Waals surface area contributed by atoms with Gasteiger partial charge in [0.15, 0.2) is 4.90 Å². The van der Waals surface area contributed by atoms with E-state index in [1.165, 1.54) is 0 Å². The Morgan fingerprint density at radius 2 is 1.62 bits per heavy atom. The molecule has 0 spiro atoms. The van der Waals surface area contributed by atoms with Crippen molar-refractivity contribution >= 4 is 15.7 Å². The van der Waals surface area contributed by atoms with Crippen LogP contribution in [0.25, 0.3) is 0 Å². The molecular formula is C18H17F2N3O2S. The Morgan fingerprint density at radius 3 is 2.31 bits per heavy atom. The molecule has 0 saturated carbocycles. The van der Waals surface area contributed by atoms with E-state index in [1.54, 1.807) is 18.2 Å². The van der Waals surface area contributed by atoms with Gasteiger partial charge in [0.05, 0.1) is 11.3 Å². The predicted molar refractivity (Wildman–Crippen MR) is 93.1 cm³/mol. The standard InChI is InChI=1S/C18H17F2N3O2S/c19-15-6-3-7-16(20)18(15)26(24,25)23-10-4-9-22(11-12-23)17-8-2-1-5-14(17)13-21/h1-3,5-8H,4,9-12H2. The second kappa shape index (κ2) is 7.40. The highest BCUT2D eigenvalue weighted by atomic mass is 32.2.